The first-order chi connectivity index (χ1) is 11.1. The van der Waals surface area contributed by atoms with E-state index in [-0.39, 0.29) is 5.57 Å². The first-order valence-electron chi connectivity index (χ1n) is 7.12. The van der Waals surface area contributed by atoms with Gasteiger partial charge in [-0.1, -0.05) is 24.3 Å². The highest BCUT2D eigenvalue weighted by Crippen LogP contribution is 2.19. The van der Waals surface area contributed by atoms with E-state index in [1.165, 1.54) is 0 Å². The van der Waals surface area contributed by atoms with Crippen molar-refractivity contribution in [1.29, 1.82) is 0 Å². The van der Waals surface area contributed by atoms with Crippen molar-refractivity contribution in [3.63, 3.8) is 0 Å². The standard InChI is InChI=1S/C18H15N3O2/c1-12(18(22)23)9-13-5-4-6-14(10-13)20-17-11-19-15-7-2-3-8-16(15)21-17/h2-11H,1H3,(H,20,21)(H,22,23)/b12-9+. The molecule has 3 aromatic rings. The maximum atomic E-state index is 10.9. The summed E-state index contributed by atoms with van der Waals surface area (Å²) in [6, 6.07) is 15.1. The molecule has 0 aliphatic carbocycles. The molecule has 0 radical (unpaired) electrons. The summed E-state index contributed by atoms with van der Waals surface area (Å²) in [5.74, 6) is -0.288. The number of aromatic nitrogens is 2. The smallest absolute Gasteiger partial charge is 0.331 e. The monoisotopic (exact) mass is 305 g/mol. The van der Waals surface area contributed by atoms with Crippen LogP contribution in [-0.2, 0) is 4.79 Å². The van der Waals surface area contributed by atoms with Gasteiger partial charge in [-0.05, 0) is 42.8 Å². The molecule has 0 aliphatic rings. The Kier molecular flexibility index (Phi) is 4.01. The Bertz CT molecular complexity index is 903. The van der Waals surface area contributed by atoms with Crippen molar-refractivity contribution in [2.45, 2.75) is 6.92 Å². The normalized spacial score (nSPS) is 11.4. The minimum absolute atomic E-state index is 0.285. The van der Waals surface area contributed by atoms with Gasteiger partial charge < -0.3 is 10.4 Å². The van der Waals surface area contributed by atoms with Gasteiger partial charge in [-0.2, -0.15) is 0 Å². The highest BCUT2D eigenvalue weighted by Gasteiger charge is 2.02. The molecule has 0 amide bonds. The molecule has 0 aliphatic heterocycles. The summed E-state index contributed by atoms with van der Waals surface area (Å²) in [5.41, 5.74) is 3.57. The number of para-hydroxylation sites is 2. The molecule has 1 aromatic heterocycles. The van der Waals surface area contributed by atoms with Gasteiger partial charge >= 0.3 is 5.97 Å². The van der Waals surface area contributed by atoms with Gasteiger partial charge in [-0.25, -0.2) is 9.78 Å². The van der Waals surface area contributed by atoms with Crippen molar-refractivity contribution < 1.29 is 9.90 Å². The molecule has 0 spiro atoms. The van der Waals surface area contributed by atoms with E-state index in [1.807, 2.05) is 48.5 Å². The summed E-state index contributed by atoms with van der Waals surface area (Å²) in [4.78, 5) is 19.8. The van der Waals surface area contributed by atoms with E-state index in [2.05, 4.69) is 15.3 Å². The van der Waals surface area contributed by atoms with Crippen LogP contribution in [0.1, 0.15) is 12.5 Å². The Labute approximate surface area is 133 Å². The number of carboxylic acids is 1. The zero-order valence-corrected chi connectivity index (χ0v) is 12.5. The van der Waals surface area contributed by atoms with Crippen molar-refractivity contribution in [1.82, 2.24) is 9.97 Å². The maximum Gasteiger partial charge on any atom is 0.331 e. The van der Waals surface area contributed by atoms with Gasteiger partial charge in [-0.15, -0.1) is 0 Å². The Balaban J connectivity index is 1.87. The molecule has 5 heteroatoms. The number of aliphatic carboxylic acids is 1. The second-order valence-electron chi connectivity index (χ2n) is 5.13. The average Bonchev–Trinajstić information content (AvgIpc) is 2.55. The lowest BCUT2D eigenvalue weighted by Crippen LogP contribution is -1.97. The van der Waals surface area contributed by atoms with E-state index >= 15 is 0 Å². The lowest BCUT2D eigenvalue weighted by atomic mass is 10.1. The van der Waals surface area contributed by atoms with Crippen LogP contribution in [0.15, 0.2) is 60.3 Å². The number of nitrogens with one attached hydrogen (secondary N) is 1. The SMILES string of the molecule is C/C(=C\c1cccc(Nc2cnc3ccccc3n2)c1)C(=O)O. The molecule has 23 heavy (non-hydrogen) atoms. The molecule has 1 heterocycles. The number of rotatable bonds is 4. The third-order valence-corrected chi connectivity index (χ3v) is 3.33. The van der Waals surface area contributed by atoms with Gasteiger partial charge in [0.2, 0.25) is 0 Å². The predicted octanol–water partition coefficient (Wildman–Crippen LogP) is 3.86. The maximum absolute atomic E-state index is 10.9. The molecule has 114 valence electrons. The predicted molar refractivity (Wildman–Crippen MR) is 90.5 cm³/mol. The molecule has 0 unspecified atom stereocenters. The minimum Gasteiger partial charge on any atom is -0.478 e. The fraction of sp³-hybridized carbons (Fsp3) is 0.0556. The number of anilines is 2. The quantitative estimate of drug-likeness (QED) is 0.716. The van der Waals surface area contributed by atoms with Crippen molar-refractivity contribution in [2.24, 2.45) is 0 Å². The molecule has 5 nitrogen and oxygen atoms in total. The third kappa shape index (κ3) is 3.52. The Morgan fingerprint density at radius 1 is 1.13 bits per heavy atom. The number of nitrogens with zero attached hydrogens (tertiary/aromatic N) is 2. The van der Waals surface area contributed by atoms with E-state index in [9.17, 15) is 4.79 Å². The van der Waals surface area contributed by atoms with Crippen molar-refractivity contribution in [3.05, 3.63) is 65.9 Å². The Morgan fingerprint density at radius 2 is 1.91 bits per heavy atom. The van der Waals surface area contributed by atoms with E-state index in [4.69, 9.17) is 5.11 Å². The van der Waals surface area contributed by atoms with Gasteiger partial charge in [0.05, 0.1) is 17.2 Å². The van der Waals surface area contributed by atoms with Crippen molar-refractivity contribution >= 4 is 34.6 Å². The van der Waals surface area contributed by atoms with E-state index in [0.29, 0.717) is 5.82 Å². The summed E-state index contributed by atoms with van der Waals surface area (Å²) in [7, 11) is 0. The number of hydrogen-bond donors (Lipinski definition) is 2. The topological polar surface area (TPSA) is 75.1 Å². The summed E-state index contributed by atoms with van der Waals surface area (Å²) in [6.07, 6.45) is 3.30. The van der Waals surface area contributed by atoms with Crippen LogP contribution in [0.2, 0.25) is 0 Å². The van der Waals surface area contributed by atoms with Gasteiger partial charge in [0, 0.05) is 11.3 Å². The van der Waals surface area contributed by atoms with Crippen LogP contribution < -0.4 is 5.32 Å². The summed E-state index contributed by atoms with van der Waals surface area (Å²) in [5, 5.41) is 12.1. The zero-order chi connectivity index (χ0) is 16.2. The van der Waals surface area contributed by atoms with Crippen LogP contribution in [0.25, 0.3) is 17.1 Å². The van der Waals surface area contributed by atoms with Gasteiger partial charge in [0.1, 0.15) is 5.82 Å². The molecule has 0 saturated carbocycles. The Hall–Kier alpha value is -3.21. The van der Waals surface area contributed by atoms with Crippen LogP contribution in [0.3, 0.4) is 0 Å². The van der Waals surface area contributed by atoms with Gasteiger partial charge in [0.15, 0.2) is 0 Å². The van der Waals surface area contributed by atoms with E-state index in [0.717, 1.165) is 22.3 Å². The largest absolute Gasteiger partial charge is 0.478 e. The fourth-order valence-corrected chi connectivity index (χ4v) is 2.18. The number of carbonyl (C=O) groups is 1. The fourth-order valence-electron chi connectivity index (χ4n) is 2.18. The summed E-state index contributed by atoms with van der Waals surface area (Å²) in [6.45, 7) is 1.57. The van der Waals surface area contributed by atoms with Gasteiger partial charge in [-0.3, -0.25) is 4.98 Å². The van der Waals surface area contributed by atoms with Gasteiger partial charge in [0.25, 0.3) is 0 Å². The first-order valence-corrected chi connectivity index (χ1v) is 7.12. The highest BCUT2D eigenvalue weighted by atomic mass is 16.4. The average molecular weight is 305 g/mol. The minimum atomic E-state index is -0.927. The molecule has 0 fully saturated rings. The van der Waals surface area contributed by atoms with Crippen LogP contribution >= 0.6 is 0 Å². The van der Waals surface area contributed by atoms with Crippen LogP contribution in [0.5, 0.6) is 0 Å². The summed E-state index contributed by atoms with van der Waals surface area (Å²) < 4.78 is 0. The molecule has 2 aromatic carbocycles. The number of fused-ring (bicyclic) bond motifs is 1. The van der Waals surface area contributed by atoms with Crippen LogP contribution in [0, 0.1) is 0 Å². The van der Waals surface area contributed by atoms with Crippen molar-refractivity contribution in [3.8, 4) is 0 Å². The zero-order valence-electron chi connectivity index (χ0n) is 12.5. The van der Waals surface area contributed by atoms with Crippen LogP contribution in [-0.4, -0.2) is 21.0 Å². The molecule has 0 saturated heterocycles. The Morgan fingerprint density at radius 3 is 2.70 bits per heavy atom. The molecular formula is C18H15N3O2. The molecule has 3 rings (SSSR count). The molecule has 0 atom stereocenters. The number of hydrogen-bond acceptors (Lipinski definition) is 4. The third-order valence-electron chi connectivity index (χ3n) is 3.33. The molecule has 2 N–H and O–H groups in total. The first kappa shape index (κ1) is 14.7. The summed E-state index contributed by atoms with van der Waals surface area (Å²) >= 11 is 0. The van der Waals surface area contributed by atoms with Crippen molar-refractivity contribution in [2.75, 3.05) is 5.32 Å². The molecular weight excluding hydrogens is 290 g/mol. The molecule has 0 bridgehead atoms. The lowest BCUT2D eigenvalue weighted by Gasteiger charge is -2.07. The van der Waals surface area contributed by atoms with E-state index in [1.54, 1.807) is 19.2 Å². The number of carboxylic acid groups (broad SMARTS) is 1. The van der Waals surface area contributed by atoms with E-state index < -0.39 is 5.97 Å². The second-order valence-corrected chi connectivity index (χ2v) is 5.13. The lowest BCUT2D eigenvalue weighted by molar-refractivity contribution is -0.132. The highest BCUT2D eigenvalue weighted by molar-refractivity contribution is 5.91. The van der Waals surface area contributed by atoms with Crippen LogP contribution in [0.4, 0.5) is 11.5 Å². The second kappa shape index (κ2) is 6.27. The number of benzene rings is 2.